The molecule has 0 aromatic heterocycles. The van der Waals surface area contributed by atoms with Gasteiger partial charge in [0.2, 0.25) is 5.91 Å². The van der Waals surface area contributed by atoms with Crippen molar-refractivity contribution >= 4 is 46.6 Å². The second-order valence-electron chi connectivity index (χ2n) is 10.6. The fraction of sp³-hybridized carbons (Fsp3) is 0.367. The molecule has 2 N–H and O–H groups in total. The number of nitrogens with one attached hydrogen (secondary N) is 2. The van der Waals surface area contributed by atoms with Gasteiger partial charge >= 0.3 is 6.18 Å². The number of anilines is 1. The van der Waals surface area contributed by atoms with Gasteiger partial charge in [0.05, 0.1) is 22.2 Å². The smallest absolute Gasteiger partial charge is 0.417 e. The molecule has 2 aliphatic rings. The van der Waals surface area contributed by atoms with Gasteiger partial charge in [0.25, 0.3) is 11.8 Å². The molecule has 0 saturated carbocycles. The number of hydrogen-bond acceptors (Lipinski definition) is 4. The molecule has 43 heavy (non-hydrogen) atoms. The summed E-state index contributed by atoms with van der Waals surface area (Å²) in [6.45, 7) is 5.11. The summed E-state index contributed by atoms with van der Waals surface area (Å²) in [6, 6.07) is 3.36. The molecule has 2 aromatic carbocycles. The lowest BCUT2D eigenvalue weighted by Gasteiger charge is -2.30. The fourth-order valence-corrected chi connectivity index (χ4v) is 5.34. The maximum Gasteiger partial charge on any atom is 0.417 e. The number of nitrogens with zero attached hydrogens (tertiary/aromatic N) is 1. The van der Waals surface area contributed by atoms with Crippen LogP contribution in [0.2, 0.25) is 5.02 Å². The van der Waals surface area contributed by atoms with E-state index in [1.165, 1.54) is 4.90 Å². The molecule has 4 rings (SSSR count). The quantitative estimate of drug-likeness (QED) is 0.285. The summed E-state index contributed by atoms with van der Waals surface area (Å²) >= 11 is 12.7. The Hall–Kier alpha value is -3.57. The maximum atomic E-state index is 13.7. The number of fused-ring (bicyclic) bond motifs is 1. The van der Waals surface area contributed by atoms with E-state index in [9.17, 15) is 31.9 Å². The molecule has 0 saturated heterocycles. The number of carbonyl (C=O) groups excluding carboxylic acids is 3. The number of halogens is 6. The minimum Gasteiger partial charge on any atom is -0.489 e. The molecule has 0 spiro atoms. The molecule has 230 valence electrons. The van der Waals surface area contributed by atoms with Crippen LogP contribution in [0, 0.1) is 11.7 Å². The second-order valence-corrected chi connectivity index (χ2v) is 11.5. The summed E-state index contributed by atoms with van der Waals surface area (Å²) in [5.74, 6) is -3.60. The largest absolute Gasteiger partial charge is 0.489 e. The lowest BCUT2D eigenvalue weighted by Crippen LogP contribution is -2.56. The second kappa shape index (κ2) is 13.0. The van der Waals surface area contributed by atoms with E-state index >= 15 is 0 Å². The number of alkyl halides is 4. The number of ether oxygens (including phenoxy) is 1. The summed E-state index contributed by atoms with van der Waals surface area (Å²) in [4.78, 5) is 41.9. The van der Waals surface area contributed by atoms with E-state index in [-0.39, 0.29) is 31.1 Å². The first-order valence-corrected chi connectivity index (χ1v) is 14.2. The Morgan fingerprint density at radius 1 is 1.16 bits per heavy atom. The van der Waals surface area contributed by atoms with E-state index in [0.717, 1.165) is 6.07 Å². The van der Waals surface area contributed by atoms with Gasteiger partial charge in [0.1, 0.15) is 30.3 Å². The molecule has 0 bridgehead atoms. The van der Waals surface area contributed by atoms with E-state index in [0.29, 0.717) is 28.1 Å². The zero-order valence-corrected chi connectivity index (χ0v) is 24.9. The number of amides is 3. The van der Waals surface area contributed by atoms with Crippen LogP contribution in [0.25, 0.3) is 0 Å². The van der Waals surface area contributed by atoms with E-state index in [2.05, 4.69) is 10.6 Å². The topological polar surface area (TPSA) is 87.7 Å². The predicted octanol–water partition coefficient (Wildman–Crippen LogP) is 6.04. The van der Waals surface area contributed by atoms with Crippen molar-refractivity contribution < 1.29 is 36.7 Å². The van der Waals surface area contributed by atoms with Gasteiger partial charge in [-0.05, 0) is 62.1 Å². The zero-order chi connectivity index (χ0) is 31.6. The highest BCUT2D eigenvalue weighted by Gasteiger charge is 2.39. The highest BCUT2D eigenvalue weighted by Crippen LogP contribution is 2.36. The summed E-state index contributed by atoms with van der Waals surface area (Å²) < 4.78 is 60.5. The van der Waals surface area contributed by atoms with Gasteiger partial charge in [-0.25, -0.2) is 4.39 Å². The molecule has 1 aliphatic carbocycles. The van der Waals surface area contributed by atoms with Crippen LogP contribution in [0.3, 0.4) is 0 Å². The van der Waals surface area contributed by atoms with Crippen molar-refractivity contribution in [3.05, 3.63) is 82.2 Å². The van der Waals surface area contributed by atoms with Crippen LogP contribution in [-0.2, 0) is 15.8 Å². The first-order chi connectivity index (χ1) is 20.2. The number of hydrogen-bond donors (Lipinski definition) is 2. The van der Waals surface area contributed by atoms with Crippen molar-refractivity contribution in [3.63, 3.8) is 0 Å². The number of carbonyl (C=O) groups is 3. The van der Waals surface area contributed by atoms with Crippen LogP contribution < -0.4 is 20.3 Å². The third kappa shape index (κ3) is 7.33. The minimum atomic E-state index is -5.04. The molecule has 1 aliphatic heterocycles. The third-order valence-electron chi connectivity index (χ3n) is 7.09. The lowest BCUT2D eigenvalue weighted by atomic mass is 9.90. The van der Waals surface area contributed by atoms with E-state index in [4.69, 9.17) is 27.9 Å². The summed E-state index contributed by atoms with van der Waals surface area (Å²) in [5.41, 5.74) is -1.38. The first-order valence-electron chi connectivity index (χ1n) is 13.4. The monoisotopic (exact) mass is 641 g/mol. The van der Waals surface area contributed by atoms with E-state index in [1.807, 2.05) is 13.0 Å². The molecule has 0 fully saturated rings. The van der Waals surface area contributed by atoms with Crippen molar-refractivity contribution in [2.75, 3.05) is 11.5 Å². The van der Waals surface area contributed by atoms with Gasteiger partial charge in [-0.15, -0.1) is 11.6 Å². The Bertz CT molecular complexity index is 1480. The molecule has 3 amide bonds. The van der Waals surface area contributed by atoms with Crippen LogP contribution in [0.1, 0.15) is 43.1 Å². The van der Waals surface area contributed by atoms with Gasteiger partial charge in [-0.1, -0.05) is 36.8 Å². The van der Waals surface area contributed by atoms with Crippen molar-refractivity contribution in [2.24, 2.45) is 5.92 Å². The standard InChI is InChI=1S/C30H29Cl2F4N3O4/c1-15(2)39-24-10-7-18(31)12-25(24)43-14-23(29(39)42)38-28(41)22(11-17-6-4-5-16(3)26(17)32)37-27(40)20-9-8-19(33)13-21(20)30(34,35)36/h4-10,12-13,15-16,22-23,26H,11,14H2,1-3H3,(H,37,40)(H,38,41)/t16?,22-,23-,26?/m1/s1. The summed E-state index contributed by atoms with van der Waals surface area (Å²) in [7, 11) is 0. The Morgan fingerprint density at radius 2 is 1.88 bits per heavy atom. The molecule has 4 atom stereocenters. The highest BCUT2D eigenvalue weighted by molar-refractivity contribution is 6.30. The van der Waals surface area contributed by atoms with Gasteiger partial charge in [-0.2, -0.15) is 13.2 Å². The van der Waals surface area contributed by atoms with Crippen molar-refractivity contribution in [1.82, 2.24) is 10.6 Å². The number of allylic oxidation sites excluding steroid dienone is 3. The van der Waals surface area contributed by atoms with Crippen molar-refractivity contribution in [1.29, 1.82) is 0 Å². The summed E-state index contributed by atoms with van der Waals surface area (Å²) in [6.07, 6.45) is 0.0123. The van der Waals surface area contributed by atoms with Crippen LogP contribution in [0.4, 0.5) is 23.2 Å². The molecule has 13 heteroatoms. The number of rotatable bonds is 7. The Kier molecular flexibility index (Phi) is 9.76. The molecule has 0 radical (unpaired) electrons. The average molecular weight is 642 g/mol. The van der Waals surface area contributed by atoms with Gasteiger partial charge in [0, 0.05) is 17.1 Å². The van der Waals surface area contributed by atoms with Crippen LogP contribution in [-0.4, -0.2) is 47.8 Å². The molecule has 1 heterocycles. The Morgan fingerprint density at radius 3 is 2.56 bits per heavy atom. The highest BCUT2D eigenvalue weighted by atomic mass is 35.5. The average Bonchev–Trinajstić information content (AvgIpc) is 3.06. The first kappa shape index (κ1) is 32.3. The Balaban J connectivity index is 1.64. The normalized spacial score (nSPS) is 21.0. The molecule has 2 unspecified atom stereocenters. The van der Waals surface area contributed by atoms with Gasteiger partial charge in [-0.3, -0.25) is 14.4 Å². The Labute approximate surface area is 255 Å². The molecular formula is C30H29Cl2F4N3O4. The van der Waals surface area contributed by atoms with Crippen molar-refractivity contribution in [2.45, 2.75) is 56.9 Å². The SMILES string of the molecule is CC1C=CC=C(C[C@@H](NC(=O)c2ccc(F)cc2C(F)(F)F)C(=O)N[C@@H]2COc3cc(Cl)ccc3N(C(C)C)C2=O)C1Cl. The predicted molar refractivity (Wildman–Crippen MR) is 155 cm³/mol. The maximum absolute atomic E-state index is 13.7. The molecule has 7 nitrogen and oxygen atoms in total. The van der Waals surface area contributed by atoms with Crippen molar-refractivity contribution in [3.8, 4) is 5.75 Å². The third-order valence-corrected chi connectivity index (χ3v) is 8.00. The van der Waals surface area contributed by atoms with E-state index in [1.54, 1.807) is 44.2 Å². The van der Waals surface area contributed by atoms with Crippen LogP contribution >= 0.6 is 23.2 Å². The fourth-order valence-electron chi connectivity index (χ4n) is 4.93. The lowest BCUT2D eigenvalue weighted by molar-refractivity contribution is -0.138. The van der Waals surface area contributed by atoms with Crippen LogP contribution in [0.15, 0.2) is 60.2 Å². The zero-order valence-electron chi connectivity index (χ0n) is 23.3. The summed E-state index contributed by atoms with van der Waals surface area (Å²) in [5, 5.41) is 4.75. The van der Waals surface area contributed by atoms with Crippen LogP contribution in [0.5, 0.6) is 5.75 Å². The molecule has 2 aromatic rings. The van der Waals surface area contributed by atoms with Gasteiger partial charge < -0.3 is 20.3 Å². The minimum absolute atomic E-state index is 0.128. The van der Waals surface area contributed by atoms with E-state index < -0.39 is 58.3 Å². The number of benzene rings is 2. The van der Waals surface area contributed by atoms with Gasteiger partial charge in [0.15, 0.2) is 0 Å². The molecular weight excluding hydrogens is 613 g/mol.